The van der Waals surface area contributed by atoms with Crippen molar-refractivity contribution in [2.45, 2.75) is 0 Å². The van der Waals surface area contributed by atoms with Crippen LogP contribution in [0.25, 0.3) is 0 Å². The minimum Gasteiger partial charge on any atom is -0.482 e. The minimum absolute atomic E-state index is 0.113. The van der Waals surface area contributed by atoms with E-state index in [-0.39, 0.29) is 19.1 Å². The molecule has 0 radical (unpaired) electrons. The summed E-state index contributed by atoms with van der Waals surface area (Å²) in [7, 11) is 0. The summed E-state index contributed by atoms with van der Waals surface area (Å²) in [4.78, 5) is 37.6. The third kappa shape index (κ3) is 5.28. The van der Waals surface area contributed by atoms with Gasteiger partial charge in [-0.2, -0.15) is 0 Å². The highest BCUT2D eigenvalue weighted by Crippen LogP contribution is 2.27. The van der Waals surface area contributed by atoms with Crippen LogP contribution < -0.4 is 10.1 Å². The van der Waals surface area contributed by atoms with E-state index < -0.39 is 5.91 Å². The molecule has 7 nitrogen and oxygen atoms in total. The molecule has 0 aliphatic carbocycles. The minimum atomic E-state index is -0.430. The summed E-state index contributed by atoms with van der Waals surface area (Å²) in [5.41, 5.74) is 0. The zero-order valence-electron chi connectivity index (χ0n) is 12.8. The van der Waals surface area contributed by atoms with Gasteiger partial charge in [-0.1, -0.05) is 23.2 Å². The van der Waals surface area contributed by atoms with E-state index in [0.29, 0.717) is 42.0 Å². The van der Waals surface area contributed by atoms with E-state index in [1.54, 1.807) is 21.9 Å². The second kappa shape index (κ2) is 8.75. The molecule has 3 amide bonds. The number of nitrogens with zero attached hydrogens (tertiary/aromatic N) is 2. The fourth-order valence-electron chi connectivity index (χ4n) is 2.15. The van der Waals surface area contributed by atoms with Gasteiger partial charge in [0.05, 0.1) is 11.6 Å². The van der Waals surface area contributed by atoms with Gasteiger partial charge in [0.1, 0.15) is 5.75 Å². The predicted molar refractivity (Wildman–Crippen MR) is 89.2 cm³/mol. The number of hydrogen-bond donors (Lipinski definition) is 1. The number of halogens is 2. The van der Waals surface area contributed by atoms with E-state index >= 15 is 0 Å². The summed E-state index contributed by atoms with van der Waals surface area (Å²) in [6, 6.07) is 4.68. The van der Waals surface area contributed by atoms with Crippen LogP contribution in [-0.4, -0.2) is 67.4 Å². The molecule has 0 aromatic heterocycles. The first kappa shape index (κ1) is 18.4. The summed E-state index contributed by atoms with van der Waals surface area (Å²) in [5.74, 6) is -0.285. The molecule has 1 aromatic rings. The Morgan fingerprint density at radius 1 is 1.21 bits per heavy atom. The molecule has 1 aliphatic rings. The molecule has 0 unspecified atom stereocenters. The van der Waals surface area contributed by atoms with Crippen molar-refractivity contribution in [1.82, 2.24) is 15.1 Å². The van der Waals surface area contributed by atoms with E-state index in [1.807, 2.05) is 0 Å². The molecule has 1 aliphatic heterocycles. The molecule has 2 rings (SSSR count). The second-order valence-corrected chi connectivity index (χ2v) is 6.01. The van der Waals surface area contributed by atoms with Crippen LogP contribution in [0, 0.1) is 0 Å². The van der Waals surface area contributed by atoms with Crippen LogP contribution in [0.1, 0.15) is 0 Å². The summed E-state index contributed by atoms with van der Waals surface area (Å²) in [5, 5.41) is 3.27. The van der Waals surface area contributed by atoms with Crippen molar-refractivity contribution in [2.24, 2.45) is 0 Å². The highest BCUT2D eigenvalue weighted by molar-refractivity contribution is 6.35. The molecule has 130 valence electrons. The van der Waals surface area contributed by atoms with Crippen LogP contribution in [0.3, 0.4) is 0 Å². The standard InChI is InChI=1S/C15H17Cl2N3O4/c16-11-1-2-13(12(17)7-11)24-9-14(22)18-8-15(23)20-5-3-19(10-21)4-6-20/h1-2,7,10H,3-6,8-9H2,(H,18,22). The number of benzene rings is 1. The lowest BCUT2D eigenvalue weighted by Crippen LogP contribution is -2.51. The van der Waals surface area contributed by atoms with E-state index in [1.165, 1.54) is 6.07 Å². The molecular formula is C15H17Cl2N3O4. The fourth-order valence-corrected chi connectivity index (χ4v) is 2.61. The highest BCUT2D eigenvalue weighted by Gasteiger charge is 2.20. The van der Waals surface area contributed by atoms with Gasteiger partial charge in [0.15, 0.2) is 6.61 Å². The van der Waals surface area contributed by atoms with E-state index in [4.69, 9.17) is 27.9 Å². The summed E-state index contributed by atoms with van der Waals surface area (Å²) < 4.78 is 5.29. The number of rotatable bonds is 6. The SMILES string of the molecule is O=CN1CCN(C(=O)CNC(=O)COc2ccc(Cl)cc2Cl)CC1. The summed E-state index contributed by atoms with van der Waals surface area (Å²) in [6.45, 7) is 1.56. The second-order valence-electron chi connectivity index (χ2n) is 5.16. The number of nitrogens with one attached hydrogen (secondary N) is 1. The number of carbonyl (C=O) groups excluding carboxylic acids is 3. The van der Waals surface area contributed by atoms with Gasteiger partial charge in [0.2, 0.25) is 12.3 Å². The van der Waals surface area contributed by atoms with Gasteiger partial charge in [-0.3, -0.25) is 14.4 Å². The van der Waals surface area contributed by atoms with Crippen molar-refractivity contribution in [3.05, 3.63) is 28.2 Å². The average molecular weight is 374 g/mol. The van der Waals surface area contributed by atoms with Gasteiger partial charge in [0.25, 0.3) is 5.91 Å². The lowest BCUT2D eigenvalue weighted by atomic mass is 10.3. The fraction of sp³-hybridized carbons (Fsp3) is 0.400. The quantitative estimate of drug-likeness (QED) is 0.747. The van der Waals surface area contributed by atoms with Gasteiger partial charge < -0.3 is 19.9 Å². The first-order valence-electron chi connectivity index (χ1n) is 7.31. The monoisotopic (exact) mass is 373 g/mol. The maximum atomic E-state index is 12.0. The maximum absolute atomic E-state index is 12.0. The van der Waals surface area contributed by atoms with Crippen molar-refractivity contribution in [3.8, 4) is 5.75 Å². The smallest absolute Gasteiger partial charge is 0.258 e. The molecule has 0 saturated carbocycles. The van der Waals surface area contributed by atoms with Gasteiger partial charge in [-0.25, -0.2) is 0 Å². The van der Waals surface area contributed by atoms with E-state index in [9.17, 15) is 14.4 Å². The van der Waals surface area contributed by atoms with Crippen molar-refractivity contribution in [1.29, 1.82) is 0 Å². The first-order chi connectivity index (χ1) is 11.5. The molecule has 1 saturated heterocycles. The van der Waals surface area contributed by atoms with Gasteiger partial charge in [-0.15, -0.1) is 0 Å². The van der Waals surface area contributed by atoms with Crippen LogP contribution in [-0.2, 0) is 14.4 Å². The molecule has 1 heterocycles. The third-order valence-corrected chi connectivity index (χ3v) is 4.04. The lowest BCUT2D eigenvalue weighted by Gasteiger charge is -2.32. The molecule has 1 fully saturated rings. The van der Waals surface area contributed by atoms with Gasteiger partial charge >= 0.3 is 0 Å². The highest BCUT2D eigenvalue weighted by atomic mass is 35.5. The Morgan fingerprint density at radius 3 is 2.54 bits per heavy atom. The van der Waals surface area contributed by atoms with Crippen LogP contribution in [0.4, 0.5) is 0 Å². The Morgan fingerprint density at radius 2 is 1.92 bits per heavy atom. The molecule has 0 spiro atoms. The number of hydrogen-bond acceptors (Lipinski definition) is 4. The van der Waals surface area contributed by atoms with E-state index in [0.717, 1.165) is 6.41 Å². The third-order valence-electron chi connectivity index (χ3n) is 3.51. The predicted octanol–water partition coefficient (Wildman–Crippen LogP) is 0.789. The van der Waals surface area contributed by atoms with Gasteiger partial charge in [0, 0.05) is 31.2 Å². The number of amides is 3. The van der Waals surface area contributed by atoms with Crippen LogP contribution in [0.5, 0.6) is 5.75 Å². The zero-order chi connectivity index (χ0) is 17.5. The topological polar surface area (TPSA) is 79.0 Å². The molecule has 1 aromatic carbocycles. The largest absolute Gasteiger partial charge is 0.482 e. The van der Waals surface area contributed by atoms with Crippen LogP contribution >= 0.6 is 23.2 Å². The Kier molecular flexibility index (Phi) is 6.69. The Labute approximate surface area is 149 Å². The number of carbonyl (C=O) groups is 3. The normalized spacial score (nSPS) is 14.2. The number of ether oxygens (including phenoxy) is 1. The first-order valence-corrected chi connectivity index (χ1v) is 8.07. The Hall–Kier alpha value is -1.99. The Balaban J connectivity index is 1.71. The average Bonchev–Trinajstić information content (AvgIpc) is 2.59. The van der Waals surface area contributed by atoms with Crippen LogP contribution in [0.2, 0.25) is 10.0 Å². The lowest BCUT2D eigenvalue weighted by molar-refractivity contribution is -0.136. The molecular weight excluding hydrogens is 357 g/mol. The Bertz CT molecular complexity index is 619. The van der Waals surface area contributed by atoms with Crippen molar-refractivity contribution in [2.75, 3.05) is 39.3 Å². The van der Waals surface area contributed by atoms with Gasteiger partial charge in [-0.05, 0) is 18.2 Å². The van der Waals surface area contributed by atoms with Crippen molar-refractivity contribution < 1.29 is 19.1 Å². The summed E-state index contributed by atoms with van der Waals surface area (Å²) >= 11 is 11.7. The molecule has 0 atom stereocenters. The maximum Gasteiger partial charge on any atom is 0.258 e. The molecule has 9 heteroatoms. The number of piperazine rings is 1. The molecule has 24 heavy (non-hydrogen) atoms. The van der Waals surface area contributed by atoms with E-state index in [2.05, 4.69) is 5.32 Å². The zero-order valence-corrected chi connectivity index (χ0v) is 14.3. The van der Waals surface area contributed by atoms with Crippen molar-refractivity contribution >= 4 is 41.4 Å². The van der Waals surface area contributed by atoms with Crippen LogP contribution in [0.15, 0.2) is 18.2 Å². The summed E-state index contributed by atoms with van der Waals surface area (Å²) in [6.07, 6.45) is 0.767. The molecule has 1 N–H and O–H groups in total. The van der Waals surface area contributed by atoms with Crippen molar-refractivity contribution in [3.63, 3.8) is 0 Å². The molecule has 0 bridgehead atoms.